The molecule has 0 saturated carbocycles. The van der Waals surface area contributed by atoms with E-state index in [1.807, 2.05) is 6.92 Å². The van der Waals surface area contributed by atoms with E-state index in [2.05, 4.69) is 20.2 Å². The second-order valence-corrected chi connectivity index (χ2v) is 6.62. The summed E-state index contributed by atoms with van der Waals surface area (Å²) in [6.07, 6.45) is 1.47. The number of anilines is 1. The molecule has 3 N–H and O–H groups in total. The molecule has 0 atom stereocenters. The lowest BCUT2D eigenvalue weighted by Gasteiger charge is -2.10. The van der Waals surface area contributed by atoms with Gasteiger partial charge in [0.1, 0.15) is 0 Å². The van der Waals surface area contributed by atoms with Crippen molar-refractivity contribution in [2.24, 2.45) is 0 Å². The van der Waals surface area contributed by atoms with Gasteiger partial charge in [0, 0.05) is 12.1 Å². The molecule has 0 aliphatic heterocycles. The summed E-state index contributed by atoms with van der Waals surface area (Å²) in [6, 6.07) is 4.72. The number of aromatic amines is 1. The second-order valence-electron chi connectivity index (χ2n) is 4.21. The molecule has 0 unspecified atom stereocenters. The van der Waals surface area contributed by atoms with E-state index in [1.165, 1.54) is 12.3 Å². The van der Waals surface area contributed by atoms with Crippen LogP contribution in [0.4, 0.5) is 5.69 Å². The van der Waals surface area contributed by atoms with Crippen molar-refractivity contribution in [2.45, 2.75) is 18.5 Å². The van der Waals surface area contributed by atoms with Gasteiger partial charge in [-0.3, -0.25) is 9.82 Å². The van der Waals surface area contributed by atoms with Crippen LogP contribution >= 0.6 is 23.2 Å². The number of hydrogen-bond acceptors (Lipinski definition) is 4. The van der Waals surface area contributed by atoms with E-state index in [9.17, 15) is 8.42 Å². The normalized spacial score (nSPS) is 11.6. The van der Waals surface area contributed by atoms with E-state index in [1.54, 1.807) is 12.1 Å². The van der Waals surface area contributed by atoms with Crippen LogP contribution in [-0.4, -0.2) is 25.2 Å². The molecule has 0 fully saturated rings. The minimum atomic E-state index is -3.82. The Balaban J connectivity index is 2.30. The van der Waals surface area contributed by atoms with E-state index in [4.69, 9.17) is 23.2 Å². The Labute approximate surface area is 132 Å². The van der Waals surface area contributed by atoms with Crippen molar-refractivity contribution in [3.05, 3.63) is 40.0 Å². The molecule has 2 aromatic rings. The molecule has 0 amide bonds. The smallest absolute Gasteiger partial charge is 0.279 e. The summed E-state index contributed by atoms with van der Waals surface area (Å²) < 4.78 is 27.2. The minimum Gasteiger partial charge on any atom is -0.313 e. The molecule has 0 radical (unpaired) electrons. The first-order valence-corrected chi connectivity index (χ1v) is 8.39. The van der Waals surface area contributed by atoms with Crippen LogP contribution in [0.3, 0.4) is 0 Å². The Morgan fingerprint density at radius 3 is 2.81 bits per heavy atom. The van der Waals surface area contributed by atoms with Crippen LogP contribution in [0.2, 0.25) is 10.0 Å². The number of H-pyrrole nitrogens is 1. The molecule has 0 spiro atoms. The summed E-state index contributed by atoms with van der Waals surface area (Å²) in [5, 5.41) is 9.74. The lowest BCUT2D eigenvalue weighted by Crippen LogP contribution is -2.18. The molecule has 6 nitrogen and oxygen atoms in total. The highest BCUT2D eigenvalue weighted by atomic mass is 35.5. The van der Waals surface area contributed by atoms with Crippen LogP contribution in [0.1, 0.15) is 12.5 Å². The number of hydrogen-bond donors (Lipinski definition) is 3. The molecule has 2 rings (SSSR count). The summed E-state index contributed by atoms with van der Waals surface area (Å²) in [7, 11) is -3.82. The van der Waals surface area contributed by atoms with Crippen molar-refractivity contribution in [3.63, 3.8) is 0 Å². The standard InChI is InChI=1S/C12H14Cl2N4O2S/c1-2-15-6-8-7-16-17-12(8)21(19,20)18-10-5-3-4-9(13)11(10)14/h3-5,7,15,18H,2,6H2,1H3,(H,16,17). The Morgan fingerprint density at radius 1 is 1.33 bits per heavy atom. The predicted molar refractivity (Wildman–Crippen MR) is 83.2 cm³/mol. The average molecular weight is 349 g/mol. The third kappa shape index (κ3) is 3.68. The maximum Gasteiger partial charge on any atom is 0.279 e. The topological polar surface area (TPSA) is 86.9 Å². The van der Waals surface area contributed by atoms with E-state index in [0.717, 1.165) is 6.54 Å². The van der Waals surface area contributed by atoms with Crippen LogP contribution < -0.4 is 10.0 Å². The third-order valence-electron chi connectivity index (χ3n) is 2.71. The van der Waals surface area contributed by atoms with Gasteiger partial charge in [-0.05, 0) is 18.7 Å². The fourth-order valence-corrected chi connectivity index (χ4v) is 3.30. The van der Waals surface area contributed by atoms with E-state index in [-0.39, 0.29) is 20.8 Å². The molecular formula is C12H14Cl2N4O2S. The lowest BCUT2D eigenvalue weighted by atomic mass is 10.3. The molecule has 0 aliphatic rings. The molecule has 0 bridgehead atoms. The minimum absolute atomic E-state index is 0.000470. The highest BCUT2D eigenvalue weighted by molar-refractivity contribution is 7.92. The van der Waals surface area contributed by atoms with Crippen molar-refractivity contribution >= 4 is 38.9 Å². The van der Waals surface area contributed by atoms with Crippen LogP contribution in [0.25, 0.3) is 0 Å². The highest BCUT2D eigenvalue weighted by Crippen LogP contribution is 2.31. The number of sulfonamides is 1. The largest absolute Gasteiger partial charge is 0.313 e. The van der Waals surface area contributed by atoms with Crippen molar-refractivity contribution in [1.82, 2.24) is 15.5 Å². The second kappa shape index (κ2) is 6.65. The summed E-state index contributed by atoms with van der Waals surface area (Å²) in [5.41, 5.74) is 0.760. The monoisotopic (exact) mass is 348 g/mol. The zero-order valence-electron chi connectivity index (χ0n) is 11.2. The van der Waals surface area contributed by atoms with Gasteiger partial charge in [0.2, 0.25) is 0 Å². The number of nitrogens with zero attached hydrogens (tertiary/aromatic N) is 1. The fourth-order valence-electron chi connectivity index (χ4n) is 1.70. The first-order chi connectivity index (χ1) is 9.95. The van der Waals surface area contributed by atoms with Gasteiger partial charge in [0.25, 0.3) is 10.0 Å². The number of nitrogens with one attached hydrogen (secondary N) is 3. The van der Waals surface area contributed by atoms with Crippen LogP contribution in [-0.2, 0) is 16.6 Å². The lowest BCUT2D eigenvalue weighted by molar-refractivity contribution is 0.594. The van der Waals surface area contributed by atoms with Crippen molar-refractivity contribution in [3.8, 4) is 0 Å². The van der Waals surface area contributed by atoms with E-state index < -0.39 is 10.0 Å². The molecule has 21 heavy (non-hydrogen) atoms. The van der Waals surface area contributed by atoms with E-state index in [0.29, 0.717) is 12.1 Å². The quantitative estimate of drug-likeness (QED) is 0.748. The molecule has 0 saturated heterocycles. The van der Waals surface area contributed by atoms with Gasteiger partial charge in [-0.15, -0.1) is 0 Å². The number of benzene rings is 1. The fraction of sp³-hybridized carbons (Fsp3) is 0.250. The predicted octanol–water partition coefficient (Wildman–Crippen LogP) is 2.63. The van der Waals surface area contributed by atoms with Gasteiger partial charge in [-0.1, -0.05) is 36.2 Å². The third-order valence-corrected chi connectivity index (χ3v) is 4.91. The summed E-state index contributed by atoms with van der Waals surface area (Å²) in [4.78, 5) is 0. The van der Waals surface area contributed by atoms with Gasteiger partial charge < -0.3 is 5.32 Å². The van der Waals surface area contributed by atoms with Gasteiger partial charge in [-0.2, -0.15) is 13.5 Å². The number of halogens is 2. The zero-order valence-corrected chi connectivity index (χ0v) is 13.5. The Kier molecular flexibility index (Phi) is 5.10. The summed E-state index contributed by atoms with van der Waals surface area (Å²) in [5.74, 6) is 0. The first-order valence-electron chi connectivity index (χ1n) is 6.15. The zero-order chi connectivity index (χ0) is 15.5. The van der Waals surface area contributed by atoms with Gasteiger partial charge in [-0.25, -0.2) is 0 Å². The average Bonchev–Trinajstić information content (AvgIpc) is 2.91. The number of rotatable bonds is 6. The van der Waals surface area contributed by atoms with Gasteiger partial charge in [0.15, 0.2) is 5.03 Å². The molecule has 9 heteroatoms. The van der Waals surface area contributed by atoms with Crippen LogP contribution in [0.15, 0.2) is 29.4 Å². The van der Waals surface area contributed by atoms with Gasteiger partial charge in [0.05, 0.1) is 21.9 Å². The van der Waals surface area contributed by atoms with E-state index >= 15 is 0 Å². The summed E-state index contributed by atoms with van der Waals surface area (Å²) in [6.45, 7) is 3.04. The SMILES string of the molecule is CCNCc1cn[nH]c1S(=O)(=O)Nc1cccc(Cl)c1Cl. The highest BCUT2D eigenvalue weighted by Gasteiger charge is 2.22. The maximum atomic E-state index is 12.4. The van der Waals surface area contributed by atoms with Crippen molar-refractivity contribution in [2.75, 3.05) is 11.3 Å². The Morgan fingerprint density at radius 2 is 2.10 bits per heavy atom. The molecular weight excluding hydrogens is 335 g/mol. The first kappa shape index (κ1) is 16.1. The maximum absolute atomic E-state index is 12.4. The molecule has 114 valence electrons. The van der Waals surface area contributed by atoms with Crippen molar-refractivity contribution < 1.29 is 8.42 Å². The van der Waals surface area contributed by atoms with Crippen LogP contribution in [0, 0.1) is 0 Å². The Hall–Kier alpha value is -1.28. The molecule has 1 aromatic heterocycles. The van der Waals surface area contributed by atoms with Crippen molar-refractivity contribution in [1.29, 1.82) is 0 Å². The van der Waals surface area contributed by atoms with Crippen LogP contribution in [0.5, 0.6) is 0 Å². The summed E-state index contributed by atoms with van der Waals surface area (Å²) >= 11 is 11.9. The molecule has 1 aromatic carbocycles. The Bertz CT molecular complexity index is 731. The van der Waals surface area contributed by atoms with Gasteiger partial charge >= 0.3 is 0 Å². The molecule has 1 heterocycles. The molecule has 0 aliphatic carbocycles. The number of aromatic nitrogens is 2.